The SMILES string of the molecule is C=C(CC(=O)O)C(=O)OC(C)(OC)OC. The summed E-state index contributed by atoms with van der Waals surface area (Å²) in [5.74, 6) is -3.56. The summed E-state index contributed by atoms with van der Waals surface area (Å²) in [5.41, 5.74) is -0.178. The van der Waals surface area contributed by atoms with Crippen LogP contribution in [-0.4, -0.2) is 37.2 Å². The van der Waals surface area contributed by atoms with E-state index in [0.29, 0.717) is 0 Å². The van der Waals surface area contributed by atoms with Gasteiger partial charge in [-0.2, -0.15) is 0 Å². The van der Waals surface area contributed by atoms with Crippen molar-refractivity contribution >= 4 is 11.9 Å². The topological polar surface area (TPSA) is 82.1 Å². The van der Waals surface area contributed by atoms with E-state index in [0.717, 1.165) is 0 Å². The Labute approximate surface area is 87.4 Å². The van der Waals surface area contributed by atoms with Crippen molar-refractivity contribution in [2.24, 2.45) is 0 Å². The van der Waals surface area contributed by atoms with Crippen LogP contribution in [0.2, 0.25) is 0 Å². The number of carbonyl (C=O) groups excluding carboxylic acids is 1. The highest BCUT2D eigenvalue weighted by molar-refractivity contribution is 5.92. The molecule has 0 aromatic rings. The molecule has 0 saturated heterocycles. The Balaban J connectivity index is 4.35. The number of esters is 1. The number of carbonyl (C=O) groups is 2. The van der Waals surface area contributed by atoms with Gasteiger partial charge in [-0.1, -0.05) is 6.58 Å². The molecule has 0 heterocycles. The lowest BCUT2D eigenvalue weighted by atomic mass is 10.2. The minimum atomic E-state index is -1.53. The Kier molecular flexibility index (Phi) is 4.96. The summed E-state index contributed by atoms with van der Waals surface area (Å²) in [5, 5.41) is 8.41. The van der Waals surface area contributed by atoms with E-state index in [2.05, 4.69) is 6.58 Å². The van der Waals surface area contributed by atoms with E-state index in [1.807, 2.05) is 0 Å². The van der Waals surface area contributed by atoms with Crippen LogP contribution in [0.1, 0.15) is 13.3 Å². The summed E-state index contributed by atoms with van der Waals surface area (Å²) in [4.78, 5) is 21.6. The molecule has 86 valence electrons. The first-order valence-corrected chi connectivity index (χ1v) is 4.08. The molecule has 0 atom stereocenters. The molecule has 0 aliphatic rings. The largest absolute Gasteiger partial charge is 0.481 e. The van der Waals surface area contributed by atoms with Crippen molar-refractivity contribution in [1.82, 2.24) is 0 Å². The highest BCUT2D eigenvalue weighted by atomic mass is 16.9. The zero-order chi connectivity index (χ0) is 12.1. The van der Waals surface area contributed by atoms with Gasteiger partial charge in [0.05, 0.1) is 6.42 Å². The first-order valence-electron chi connectivity index (χ1n) is 4.08. The zero-order valence-corrected chi connectivity index (χ0v) is 8.90. The minimum absolute atomic E-state index is 0.178. The van der Waals surface area contributed by atoms with Gasteiger partial charge in [-0.3, -0.25) is 4.79 Å². The molecule has 0 spiro atoms. The van der Waals surface area contributed by atoms with E-state index >= 15 is 0 Å². The summed E-state index contributed by atoms with van der Waals surface area (Å²) in [6.45, 7) is 4.66. The monoisotopic (exact) mass is 218 g/mol. The van der Waals surface area contributed by atoms with Crippen LogP contribution in [0.15, 0.2) is 12.2 Å². The maximum Gasteiger partial charge on any atom is 0.338 e. The fourth-order valence-corrected chi connectivity index (χ4v) is 0.662. The lowest BCUT2D eigenvalue weighted by Gasteiger charge is -2.25. The molecular weight excluding hydrogens is 204 g/mol. The average molecular weight is 218 g/mol. The van der Waals surface area contributed by atoms with E-state index in [9.17, 15) is 9.59 Å². The second-order valence-corrected chi connectivity index (χ2v) is 2.83. The third-order valence-electron chi connectivity index (χ3n) is 1.67. The highest BCUT2D eigenvalue weighted by Crippen LogP contribution is 2.15. The number of methoxy groups -OCH3 is 2. The molecule has 1 N–H and O–H groups in total. The van der Waals surface area contributed by atoms with Crippen LogP contribution in [0.4, 0.5) is 0 Å². The number of carboxylic acids is 1. The van der Waals surface area contributed by atoms with E-state index in [4.69, 9.17) is 19.3 Å². The summed E-state index contributed by atoms with van der Waals surface area (Å²) in [6, 6.07) is 0. The van der Waals surface area contributed by atoms with E-state index in [1.165, 1.54) is 21.1 Å². The molecule has 0 aromatic carbocycles. The van der Waals surface area contributed by atoms with Crippen molar-refractivity contribution in [3.63, 3.8) is 0 Å². The van der Waals surface area contributed by atoms with Gasteiger partial charge < -0.3 is 19.3 Å². The van der Waals surface area contributed by atoms with E-state index in [1.54, 1.807) is 0 Å². The van der Waals surface area contributed by atoms with Crippen LogP contribution in [0.5, 0.6) is 0 Å². The van der Waals surface area contributed by atoms with E-state index < -0.39 is 24.3 Å². The maximum atomic E-state index is 11.3. The van der Waals surface area contributed by atoms with Crippen molar-refractivity contribution in [3.8, 4) is 0 Å². The molecule has 0 amide bonds. The van der Waals surface area contributed by atoms with Gasteiger partial charge in [0, 0.05) is 26.7 Å². The van der Waals surface area contributed by atoms with Crippen LogP contribution in [0.3, 0.4) is 0 Å². The number of hydrogen-bond acceptors (Lipinski definition) is 5. The molecule has 0 saturated carbocycles. The summed E-state index contributed by atoms with van der Waals surface area (Å²) < 4.78 is 14.3. The van der Waals surface area contributed by atoms with Crippen molar-refractivity contribution in [2.75, 3.05) is 14.2 Å². The molecule has 6 heteroatoms. The Morgan fingerprint density at radius 1 is 1.33 bits per heavy atom. The molecule has 0 rings (SSSR count). The third kappa shape index (κ3) is 4.57. The number of aliphatic carboxylic acids is 1. The molecule has 6 nitrogen and oxygen atoms in total. The standard InChI is InChI=1S/C9H14O6/c1-6(5-7(10)11)8(12)15-9(2,13-3)14-4/h1,5H2,2-4H3,(H,10,11). The number of hydrogen-bond donors (Lipinski definition) is 1. The molecule has 0 aliphatic carbocycles. The maximum absolute atomic E-state index is 11.3. The summed E-state index contributed by atoms with van der Waals surface area (Å²) in [6.07, 6.45) is -0.484. The van der Waals surface area contributed by atoms with Crippen LogP contribution >= 0.6 is 0 Å². The normalized spacial score (nSPS) is 10.9. The lowest BCUT2D eigenvalue weighted by Crippen LogP contribution is -2.36. The first kappa shape index (κ1) is 13.6. The van der Waals surface area contributed by atoms with E-state index in [-0.39, 0.29) is 5.57 Å². The number of rotatable bonds is 6. The van der Waals surface area contributed by atoms with Crippen LogP contribution in [0.25, 0.3) is 0 Å². The molecule has 0 aromatic heterocycles. The Morgan fingerprint density at radius 2 is 1.80 bits per heavy atom. The summed E-state index contributed by atoms with van der Waals surface area (Å²) in [7, 11) is 2.58. The molecule has 0 bridgehead atoms. The average Bonchev–Trinajstić information content (AvgIpc) is 2.16. The second kappa shape index (κ2) is 5.47. The highest BCUT2D eigenvalue weighted by Gasteiger charge is 2.29. The number of ether oxygens (including phenoxy) is 3. The Hall–Kier alpha value is -1.40. The molecular formula is C9H14O6. The van der Waals surface area contributed by atoms with Gasteiger partial charge in [0.2, 0.25) is 0 Å². The fraction of sp³-hybridized carbons (Fsp3) is 0.556. The summed E-state index contributed by atoms with van der Waals surface area (Å²) >= 11 is 0. The third-order valence-corrected chi connectivity index (χ3v) is 1.67. The van der Waals surface area contributed by atoms with Crippen molar-refractivity contribution in [2.45, 2.75) is 19.3 Å². The molecule has 0 radical (unpaired) electrons. The van der Waals surface area contributed by atoms with Gasteiger partial charge in [-0.05, 0) is 0 Å². The lowest BCUT2D eigenvalue weighted by molar-refractivity contribution is -0.331. The predicted octanol–water partition coefficient (Wildman–Crippen LogP) is 0.527. The molecule has 15 heavy (non-hydrogen) atoms. The fourth-order valence-electron chi connectivity index (χ4n) is 0.662. The van der Waals surface area contributed by atoms with Gasteiger partial charge in [0.15, 0.2) is 0 Å². The predicted molar refractivity (Wildman–Crippen MR) is 49.9 cm³/mol. The molecule has 0 aliphatic heterocycles. The Bertz CT molecular complexity index is 266. The van der Waals surface area contributed by atoms with Crippen molar-refractivity contribution < 1.29 is 28.9 Å². The minimum Gasteiger partial charge on any atom is -0.481 e. The van der Waals surface area contributed by atoms with Crippen LogP contribution in [-0.2, 0) is 23.8 Å². The van der Waals surface area contributed by atoms with Gasteiger partial charge in [0.25, 0.3) is 0 Å². The van der Waals surface area contributed by atoms with Crippen LogP contribution < -0.4 is 0 Å². The van der Waals surface area contributed by atoms with Crippen LogP contribution in [0, 0.1) is 0 Å². The van der Waals surface area contributed by atoms with Gasteiger partial charge in [-0.15, -0.1) is 0 Å². The van der Waals surface area contributed by atoms with Crippen molar-refractivity contribution in [3.05, 3.63) is 12.2 Å². The molecule has 0 fully saturated rings. The van der Waals surface area contributed by atoms with Gasteiger partial charge in [0.1, 0.15) is 0 Å². The van der Waals surface area contributed by atoms with Gasteiger partial charge in [-0.25, -0.2) is 4.79 Å². The smallest absolute Gasteiger partial charge is 0.338 e. The van der Waals surface area contributed by atoms with Gasteiger partial charge >= 0.3 is 17.9 Å². The number of carboxylic acid groups (broad SMARTS) is 1. The zero-order valence-electron chi connectivity index (χ0n) is 8.90. The second-order valence-electron chi connectivity index (χ2n) is 2.83. The molecule has 0 unspecified atom stereocenters. The Morgan fingerprint density at radius 3 is 2.13 bits per heavy atom. The quantitative estimate of drug-likeness (QED) is 0.397. The van der Waals surface area contributed by atoms with Crippen molar-refractivity contribution in [1.29, 1.82) is 0 Å². The first-order chi connectivity index (χ1) is 6.84.